The van der Waals surface area contributed by atoms with E-state index in [9.17, 15) is 19.5 Å². The molecule has 5 rings (SSSR count). The number of carbonyl (C=O) groups is 3. The van der Waals surface area contributed by atoms with E-state index >= 15 is 0 Å². The second-order valence-electron chi connectivity index (χ2n) is 11.5. The lowest BCUT2D eigenvalue weighted by Crippen LogP contribution is -2.69. The summed E-state index contributed by atoms with van der Waals surface area (Å²) in [5.74, 6) is -1.23. The zero-order chi connectivity index (χ0) is 29.7. The van der Waals surface area contributed by atoms with Gasteiger partial charge in [0, 0.05) is 30.3 Å². The Balaban J connectivity index is 1.40. The SMILES string of the molecule is COc1ccc(C[C@H](NC(=O)[C@@H](Cc2cnc[nH]2)c2ccccc2C(N)=O)C(=O)N2CC(O)(C3CCCCC3)C2)cc1. The number of β-amino-alcohol motifs (C(OH)–C–C–N with tert-alkyl or cyclic N) is 1. The average Bonchev–Trinajstić information content (AvgIpc) is 3.52. The van der Waals surface area contributed by atoms with Gasteiger partial charge in [-0.3, -0.25) is 14.4 Å². The van der Waals surface area contributed by atoms with Crippen molar-refractivity contribution in [2.24, 2.45) is 11.7 Å². The van der Waals surface area contributed by atoms with E-state index in [2.05, 4.69) is 15.3 Å². The zero-order valence-corrected chi connectivity index (χ0v) is 23.9. The number of rotatable bonds is 11. The number of imidazole rings is 1. The van der Waals surface area contributed by atoms with Crippen LogP contribution in [-0.4, -0.2) is 69.5 Å². The minimum atomic E-state index is -0.883. The van der Waals surface area contributed by atoms with Crippen molar-refractivity contribution in [1.29, 1.82) is 0 Å². The lowest BCUT2D eigenvalue weighted by Gasteiger charge is -2.52. The third-order valence-corrected chi connectivity index (χ3v) is 8.72. The molecule has 3 aromatic rings. The molecule has 2 heterocycles. The highest BCUT2D eigenvalue weighted by molar-refractivity contribution is 5.98. The van der Waals surface area contributed by atoms with Gasteiger partial charge in [0.05, 0.1) is 32.4 Å². The molecular formula is C32H39N5O5. The summed E-state index contributed by atoms with van der Waals surface area (Å²) in [7, 11) is 1.59. The first-order valence-electron chi connectivity index (χ1n) is 14.6. The average molecular weight is 574 g/mol. The fraction of sp³-hybridized carbons (Fsp3) is 0.438. The molecule has 2 fully saturated rings. The quantitative estimate of drug-likeness (QED) is 0.277. The van der Waals surface area contributed by atoms with Gasteiger partial charge in [-0.25, -0.2) is 4.98 Å². The summed E-state index contributed by atoms with van der Waals surface area (Å²) in [5, 5.41) is 14.3. The second kappa shape index (κ2) is 12.8. The molecule has 1 aliphatic heterocycles. The molecule has 10 heteroatoms. The molecule has 10 nitrogen and oxygen atoms in total. The fourth-order valence-corrected chi connectivity index (χ4v) is 6.34. The Kier molecular flexibility index (Phi) is 8.91. The molecule has 1 saturated heterocycles. The van der Waals surface area contributed by atoms with Crippen LogP contribution in [0.5, 0.6) is 5.75 Å². The van der Waals surface area contributed by atoms with Crippen molar-refractivity contribution >= 4 is 17.7 Å². The highest BCUT2D eigenvalue weighted by atomic mass is 16.5. The van der Waals surface area contributed by atoms with E-state index in [-0.39, 0.29) is 43.3 Å². The number of hydrogen-bond acceptors (Lipinski definition) is 6. The van der Waals surface area contributed by atoms with Gasteiger partial charge < -0.3 is 30.8 Å². The number of nitrogens with one attached hydrogen (secondary N) is 2. The predicted octanol–water partition coefficient (Wildman–Crippen LogP) is 2.72. The topological polar surface area (TPSA) is 151 Å². The smallest absolute Gasteiger partial charge is 0.249 e. The monoisotopic (exact) mass is 573 g/mol. The number of nitrogens with two attached hydrogens (primary N) is 1. The summed E-state index contributed by atoms with van der Waals surface area (Å²) in [6.45, 7) is 0.515. The number of likely N-dealkylation sites (tertiary alicyclic amines) is 1. The third-order valence-electron chi connectivity index (χ3n) is 8.72. The summed E-state index contributed by atoms with van der Waals surface area (Å²) in [6, 6.07) is 13.2. The molecule has 2 aliphatic rings. The maximum atomic E-state index is 14.0. The lowest BCUT2D eigenvalue weighted by atomic mass is 9.72. The van der Waals surface area contributed by atoms with Gasteiger partial charge in [-0.15, -0.1) is 0 Å². The number of hydrogen-bond donors (Lipinski definition) is 4. The Labute approximate surface area is 245 Å². The summed E-state index contributed by atoms with van der Waals surface area (Å²) in [5.41, 5.74) is 7.06. The summed E-state index contributed by atoms with van der Waals surface area (Å²) in [4.78, 5) is 48.9. The van der Waals surface area contributed by atoms with Crippen LogP contribution >= 0.6 is 0 Å². The van der Waals surface area contributed by atoms with E-state index in [4.69, 9.17) is 10.5 Å². The first kappa shape index (κ1) is 29.3. The predicted molar refractivity (Wildman–Crippen MR) is 157 cm³/mol. The van der Waals surface area contributed by atoms with E-state index < -0.39 is 29.4 Å². The van der Waals surface area contributed by atoms with Crippen LogP contribution in [-0.2, 0) is 22.4 Å². The van der Waals surface area contributed by atoms with Crippen LogP contribution in [0.4, 0.5) is 0 Å². The second-order valence-corrected chi connectivity index (χ2v) is 11.5. The van der Waals surface area contributed by atoms with E-state index in [0.717, 1.165) is 31.2 Å². The number of benzene rings is 2. The van der Waals surface area contributed by atoms with Gasteiger partial charge in [-0.05, 0) is 48.1 Å². The molecule has 5 N–H and O–H groups in total. The molecule has 0 radical (unpaired) electrons. The molecule has 0 spiro atoms. The van der Waals surface area contributed by atoms with Crippen LogP contribution in [0.3, 0.4) is 0 Å². The number of aliphatic hydroxyl groups is 1. The van der Waals surface area contributed by atoms with Crippen LogP contribution in [0.1, 0.15) is 65.2 Å². The molecular weight excluding hydrogens is 534 g/mol. The van der Waals surface area contributed by atoms with E-state index in [0.29, 0.717) is 17.0 Å². The number of H-pyrrole nitrogens is 1. The van der Waals surface area contributed by atoms with Gasteiger partial charge in [0.2, 0.25) is 17.7 Å². The van der Waals surface area contributed by atoms with E-state index in [1.54, 1.807) is 42.5 Å². The Morgan fingerprint density at radius 2 is 1.81 bits per heavy atom. The van der Waals surface area contributed by atoms with Crippen molar-refractivity contribution in [3.05, 3.63) is 83.4 Å². The van der Waals surface area contributed by atoms with E-state index in [1.165, 1.54) is 12.7 Å². The lowest BCUT2D eigenvalue weighted by molar-refractivity contribution is -0.172. The molecule has 2 aromatic carbocycles. The number of nitrogens with zero attached hydrogens (tertiary/aromatic N) is 2. The van der Waals surface area contributed by atoms with Gasteiger partial charge in [0.1, 0.15) is 17.4 Å². The van der Waals surface area contributed by atoms with Gasteiger partial charge >= 0.3 is 0 Å². The Morgan fingerprint density at radius 3 is 2.45 bits per heavy atom. The number of primary amides is 1. The van der Waals surface area contributed by atoms with Crippen molar-refractivity contribution in [3.8, 4) is 5.75 Å². The number of amides is 3. The highest BCUT2D eigenvalue weighted by Crippen LogP contribution is 2.38. The summed E-state index contributed by atoms with van der Waals surface area (Å²) >= 11 is 0. The van der Waals surface area contributed by atoms with Crippen LogP contribution < -0.4 is 15.8 Å². The molecule has 0 unspecified atom stereocenters. The Morgan fingerprint density at radius 1 is 1.10 bits per heavy atom. The van der Waals surface area contributed by atoms with Crippen molar-refractivity contribution in [2.45, 2.75) is 62.5 Å². The molecule has 1 aromatic heterocycles. The fourth-order valence-electron chi connectivity index (χ4n) is 6.34. The molecule has 0 bridgehead atoms. The highest BCUT2D eigenvalue weighted by Gasteiger charge is 2.50. The molecule has 1 aliphatic carbocycles. The molecule has 1 saturated carbocycles. The standard InChI is InChI=1S/C32H39N5O5/c1-42-24-13-11-21(12-14-24)15-28(31(40)37-18-32(41,19-37)22-7-3-2-4-8-22)36-30(39)27(16-23-17-34-20-35-23)25-9-5-6-10-26(25)29(33)38/h5-6,9-14,17,20,22,27-28,41H,2-4,7-8,15-16,18-19H2,1H3,(H2,33,38)(H,34,35)(H,36,39)/t27-,28-/m0/s1. The van der Waals surface area contributed by atoms with Crippen molar-refractivity contribution in [2.75, 3.05) is 20.2 Å². The minimum absolute atomic E-state index is 0.189. The normalized spacial score (nSPS) is 18.0. The Bertz CT molecular complexity index is 1380. The third kappa shape index (κ3) is 6.49. The molecule has 42 heavy (non-hydrogen) atoms. The van der Waals surface area contributed by atoms with Gasteiger partial charge in [-0.1, -0.05) is 49.6 Å². The maximum Gasteiger partial charge on any atom is 0.249 e. The minimum Gasteiger partial charge on any atom is -0.497 e. The van der Waals surface area contributed by atoms with Gasteiger partial charge in [0.15, 0.2) is 0 Å². The van der Waals surface area contributed by atoms with Crippen molar-refractivity contribution in [1.82, 2.24) is 20.2 Å². The number of carbonyl (C=O) groups excluding carboxylic acids is 3. The first-order valence-corrected chi connectivity index (χ1v) is 14.6. The number of ether oxygens (including phenoxy) is 1. The largest absolute Gasteiger partial charge is 0.497 e. The van der Waals surface area contributed by atoms with Crippen LogP contribution in [0.2, 0.25) is 0 Å². The zero-order valence-electron chi connectivity index (χ0n) is 23.9. The first-order chi connectivity index (χ1) is 20.3. The summed E-state index contributed by atoms with van der Waals surface area (Å²) in [6.07, 6.45) is 8.95. The Hall–Kier alpha value is -4.18. The number of methoxy groups -OCH3 is 1. The van der Waals surface area contributed by atoms with Crippen LogP contribution in [0.15, 0.2) is 61.1 Å². The van der Waals surface area contributed by atoms with Gasteiger partial charge in [0.25, 0.3) is 0 Å². The van der Waals surface area contributed by atoms with Crippen LogP contribution in [0.25, 0.3) is 0 Å². The molecule has 2 atom stereocenters. The number of aromatic amines is 1. The van der Waals surface area contributed by atoms with Crippen LogP contribution in [0, 0.1) is 5.92 Å². The maximum absolute atomic E-state index is 14.0. The molecule has 3 amide bonds. The number of aromatic nitrogens is 2. The van der Waals surface area contributed by atoms with Gasteiger partial charge in [-0.2, -0.15) is 0 Å². The van der Waals surface area contributed by atoms with Crippen molar-refractivity contribution in [3.63, 3.8) is 0 Å². The van der Waals surface area contributed by atoms with E-state index in [1.807, 2.05) is 24.3 Å². The summed E-state index contributed by atoms with van der Waals surface area (Å²) < 4.78 is 5.27. The molecule has 222 valence electrons. The van der Waals surface area contributed by atoms with Crippen molar-refractivity contribution < 1.29 is 24.2 Å².